The first-order chi connectivity index (χ1) is 37.1. The van der Waals surface area contributed by atoms with E-state index in [9.17, 15) is 23.5 Å². The third kappa shape index (κ3) is 9.66. The lowest BCUT2D eigenvalue weighted by Crippen LogP contribution is -2.54. The zero-order chi connectivity index (χ0) is 52.3. The van der Waals surface area contributed by atoms with E-state index >= 15 is 0 Å². The van der Waals surface area contributed by atoms with E-state index in [0.29, 0.717) is 44.0 Å². The predicted molar refractivity (Wildman–Crippen MR) is 312 cm³/mol. The van der Waals surface area contributed by atoms with Gasteiger partial charge in [-0.2, -0.15) is 18.9 Å². The highest BCUT2D eigenvalue weighted by Gasteiger charge is 2.37. The van der Waals surface area contributed by atoms with Crippen molar-refractivity contribution < 1.29 is 17.7 Å². The summed E-state index contributed by atoms with van der Waals surface area (Å²) in [6.07, 6.45) is 0.662. The molecule has 0 radical (unpaired) electrons. The summed E-state index contributed by atoms with van der Waals surface area (Å²) < 4.78 is 45.1. The number of hydrogen-bond acceptors (Lipinski definition) is 9. The molecule has 0 saturated carbocycles. The van der Waals surface area contributed by atoms with Gasteiger partial charge in [-0.1, -0.05) is 181 Å². The summed E-state index contributed by atoms with van der Waals surface area (Å²) in [5, 5.41) is 28.2. The maximum Gasteiger partial charge on any atom is 0.328 e. The van der Waals surface area contributed by atoms with Gasteiger partial charge in [-0.3, -0.25) is 4.55 Å². The van der Waals surface area contributed by atoms with Crippen molar-refractivity contribution in [2.45, 2.75) is 32.6 Å². The largest absolute Gasteiger partial charge is 0.494 e. The van der Waals surface area contributed by atoms with E-state index in [1.165, 1.54) is 22.7 Å². The summed E-state index contributed by atoms with van der Waals surface area (Å²) in [4.78, 5) is 10.5. The number of unbranched alkanes of at least 4 members (excludes halogenated alkanes) is 1. The maximum atomic E-state index is 12.1. The lowest BCUT2D eigenvalue weighted by molar-refractivity contribution is 0.309. The first-order valence-electron chi connectivity index (χ1n) is 25.1. The molecule has 0 spiro atoms. The van der Waals surface area contributed by atoms with Crippen LogP contribution in [-0.2, 0) is 10.1 Å². The molecule has 7 aromatic carbocycles. The Morgan fingerprint density at radius 3 is 1.42 bits per heavy atom. The quantitative estimate of drug-likeness (QED) is 0.0573. The fraction of sp³-hybridized carbons (Fsp3) is 0.115. The molecule has 15 heteroatoms. The van der Waals surface area contributed by atoms with E-state index in [1.54, 1.807) is 0 Å². The number of aromatic nitrogens is 4. The van der Waals surface area contributed by atoms with Gasteiger partial charge in [-0.05, 0) is 72.9 Å². The van der Waals surface area contributed by atoms with Gasteiger partial charge in [-0.15, -0.1) is 22.7 Å². The molecule has 0 bridgehead atoms. The molecule has 0 aliphatic rings. The van der Waals surface area contributed by atoms with Crippen molar-refractivity contribution in [1.29, 1.82) is 10.5 Å². The first kappa shape index (κ1) is 49.9. The van der Waals surface area contributed by atoms with Crippen molar-refractivity contribution >= 4 is 111 Å². The third-order valence-electron chi connectivity index (χ3n) is 13.6. The summed E-state index contributed by atoms with van der Waals surface area (Å²) in [5.41, 5.74) is 8.79. The second kappa shape index (κ2) is 21.5. The van der Waals surface area contributed by atoms with Gasteiger partial charge in [0.2, 0.25) is 0 Å². The number of para-hydroxylation sites is 2. The van der Waals surface area contributed by atoms with E-state index in [2.05, 4.69) is 83.5 Å². The molecule has 1 N–H and O–H groups in total. The normalized spacial score (nSPS) is 12.4. The standard InChI is InChI=1S/C61H48B2N6O4S3/c1-41(2)56-54-55(59(49(40-65)61-67-51-30-16-18-32-53(51)75-61)68(56)62(43-21-7-3-8-22-43)44-23-9-4-10-24-44)57(42-33-35-47(36-34-42)73-37-19-20-38-76(70,71)72)69(63(45-25-11-5-12-26-45)46-27-13-6-14-28-46)58(54)48(39-64)60-66-50-29-15-17-31-52(50)74-60/h3-18,21-36,41H,19-20,37-38H2,1-2H3,(H,70,71,72)/b58-48-,59-49-. The van der Waals surface area contributed by atoms with Crippen LogP contribution in [0.5, 0.6) is 5.75 Å². The highest BCUT2D eigenvalue weighted by atomic mass is 32.2. The molecule has 4 heterocycles. The van der Waals surface area contributed by atoms with Crippen molar-refractivity contribution in [2.75, 3.05) is 12.4 Å². The molecule has 0 atom stereocenters. The van der Waals surface area contributed by atoms with Gasteiger partial charge < -0.3 is 13.7 Å². The van der Waals surface area contributed by atoms with Crippen LogP contribution in [0.4, 0.5) is 0 Å². The van der Waals surface area contributed by atoms with Crippen molar-refractivity contribution in [3.63, 3.8) is 0 Å². The summed E-state index contributed by atoms with van der Waals surface area (Å²) >= 11 is 2.96. The van der Waals surface area contributed by atoms with Crippen LogP contribution in [0.25, 0.3) is 53.6 Å². The van der Waals surface area contributed by atoms with Crippen molar-refractivity contribution in [3.05, 3.63) is 221 Å². The predicted octanol–water partition coefficient (Wildman–Crippen LogP) is 9.25. The number of nitrogens with zero attached hydrogens (tertiary/aromatic N) is 6. The third-order valence-corrected chi connectivity index (χ3v) is 16.5. The highest BCUT2D eigenvalue weighted by Crippen LogP contribution is 2.37. The van der Waals surface area contributed by atoms with Crippen LogP contribution < -0.4 is 37.3 Å². The Bertz CT molecular complexity index is 4000. The van der Waals surface area contributed by atoms with Crippen LogP contribution >= 0.6 is 22.7 Å². The number of hydrogen-bond donors (Lipinski definition) is 1. The Morgan fingerprint density at radius 2 is 1.00 bits per heavy atom. The minimum absolute atomic E-state index is 0.192. The first-order valence-corrected chi connectivity index (χ1v) is 28.3. The minimum Gasteiger partial charge on any atom is -0.494 e. The van der Waals surface area contributed by atoms with Crippen LogP contribution in [-0.4, -0.2) is 57.9 Å². The molecule has 0 unspecified atom stereocenters. The molecule has 4 aromatic heterocycles. The van der Waals surface area contributed by atoms with Crippen molar-refractivity contribution in [1.82, 2.24) is 18.9 Å². The van der Waals surface area contributed by atoms with Gasteiger partial charge in [0, 0.05) is 22.2 Å². The fourth-order valence-corrected chi connectivity index (χ4v) is 13.0. The number of benzene rings is 7. The Balaban J connectivity index is 1.39. The second-order valence-corrected chi connectivity index (χ2v) is 22.5. The van der Waals surface area contributed by atoms with E-state index < -0.39 is 23.8 Å². The van der Waals surface area contributed by atoms with E-state index in [4.69, 9.17) is 14.7 Å². The van der Waals surface area contributed by atoms with E-state index in [-0.39, 0.29) is 24.7 Å². The average Bonchev–Trinajstić information content (AvgIpc) is 4.40. The van der Waals surface area contributed by atoms with Crippen LogP contribution in [0.2, 0.25) is 0 Å². The topological polar surface area (TPSA) is 147 Å². The molecule has 0 amide bonds. The van der Waals surface area contributed by atoms with E-state index in [1.807, 2.05) is 146 Å². The SMILES string of the molecule is CC(C)c1c2/c(=C(\C#N)c3nc4ccccc4s3)n(B(c3ccccc3)c3ccccc3)c(-c3ccc(OCCCCS(=O)(=O)O)cc3)c2/c(=C(\C#N)c2nc3ccccc3s2)n1B(c1ccccc1)c1ccccc1. The molecule has 0 aliphatic carbocycles. The molecule has 0 saturated heterocycles. The summed E-state index contributed by atoms with van der Waals surface area (Å²) in [5.74, 6) is 0.0314. The Morgan fingerprint density at radius 1 is 0.579 bits per heavy atom. The van der Waals surface area contributed by atoms with Gasteiger partial charge in [0.25, 0.3) is 10.1 Å². The van der Waals surface area contributed by atoms with E-state index in [0.717, 1.165) is 70.0 Å². The van der Waals surface area contributed by atoms with Crippen LogP contribution in [0.15, 0.2) is 194 Å². The average molecular weight is 1050 g/mol. The van der Waals surface area contributed by atoms with Gasteiger partial charge in [-0.25, -0.2) is 9.97 Å². The van der Waals surface area contributed by atoms with Gasteiger partial charge in [0.15, 0.2) is 0 Å². The fourth-order valence-electron chi connectivity index (χ4n) is 10.5. The second-order valence-electron chi connectivity index (χ2n) is 18.8. The minimum atomic E-state index is -4.10. The molecule has 11 aromatic rings. The molecule has 370 valence electrons. The number of ether oxygens (including phenoxy) is 1. The number of fused-ring (bicyclic) bond motifs is 3. The van der Waals surface area contributed by atoms with Crippen molar-refractivity contribution in [3.8, 4) is 29.1 Å². The molecular weight excluding hydrogens is 999 g/mol. The summed E-state index contributed by atoms with van der Waals surface area (Å²) in [6.45, 7) is 3.62. The van der Waals surface area contributed by atoms with Gasteiger partial charge in [0.1, 0.15) is 39.0 Å². The van der Waals surface area contributed by atoms with Gasteiger partial charge >= 0.3 is 13.7 Å². The maximum absolute atomic E-state index is 12.1. The molecule has 11 rings (SSSR count). The number of thiazole rings is 2. The molecular formula is C61H48B2N6O4S3. The summed E-state index contributed by atoms with van der Waals surface area (Å²) in [7, 11) is -4.10. The number of rotatable bonds is 16. The lowest BCUT2D eigenvalue weighted by atomic mass is 9.50. The molecule has 0 aliphatic heterocycles. The number of nitriles is 2. The lowest BCUT2D eigenvalue weighted by Gasteiger charge is -2.25. The molecule has 10 nitrogen and oxygen atoms in total. The highest BCUT2D eigenvalue weighted by molar-refractivity contribution is 7.85. The Hall–Kier alpha value is -8.30. The summed E-state index contributed by atoms with van der Waals surface area (Å²) in [6, 6.07) is 70.7. The Kier molecular flexibility index (Phi) is 14.1. The van der Waals surface area contributed by atoms with Crippen molar-refractivity contribution in [2.24, 2.45) is 0 Å². The van der Waals surface area contributed by atoms with Crippen LogP contribution in [0.1, 0.15) is 48.3 Å². The van der Waals surface area contributed by atoms with Crippen LogP contribution in [0.3, 0.4) is 0 Å². The van der Waals surface area contributed by atoms with Crippen LogP contribution in [0, 0.1) is 22.7 Å². The Labute approximate surface area is 449 Å². The monoisotopic (exact) mass is 1050 g/mol. The van der Waals surface area contributed by atoms with Gasteiger partial charge in [0.05, 0.1) is 43.5 Å². The zero-order valence-electron chi connectivity index (χ0n) is 41.6. The smallest absolute Gasteiger partial charge is 0.328 e. The zero-order valence-corrected chi connectivity index (χ0v) is 44.1. The molecule has 0 fully saturated rings. The molecule has 76 heavy (non-hydrogen) atoms.